The Labute approximate surface area is 184 Å². The Morgan fingerprint density at radius 2 is 1.90 bits per heavy atom. The summed E-state index contributed by atoms with van der Waals surface area (Å²) >= 11 is 13.3. The molecular weight excluding hydrogens is 458 g/mol. The number of carbonyl (C=O) groups is 1. The van der Waals surface area contributed by atoms with Crippen molar-refractivity contribution in [1.82, 2.24) is 9.97 Å². The summed E-state index contributed by atoms with van der Waals surface area (Å²) in [6.07, 6.45) is -3.30. The number of benzene rings is 2. The molecule has 0 bridgehead atoms. The SMILES string of the molecule is Cc1cccc(CSc2ncc(Cl)c(C(=O)Nc3cc(C(F)(F)F)ccc3Cl)n2)c1. The molecule has 1 N–H and O–H groups in total. The van der Waals surface area contributed by atoms with Crippen LogP contribution in [0.5, 0.6) is 0 Å². The van der Waals surface area contributed by atoms with Crippen LogP contribution in [0.25, 0.3) is 0 Å². The van der Waals surface area contributed by atoms with Gasteiger partial charge < -0.3 is 5.32 Å². The average Bonchev–Trinajstić information content (AvgIpc) is 2.68. The molecule has 0 spiro atoms. The van der Waals surface area contributed by atoms with E-state index < -0.39 is 17.6 Å². The standard InChI is InChI=1S/C20H14Cl2F3N3OS/c1-11-3-2-4-12(7-11)10-30-19-26-9-15(22)17(28-19)18(29)27-16-8-13(20(23,24)25)5-6-14(16)21/h2-9H,10H2,1H3,(H,27,29). The summed E-state index contributed by atoms with van der Waals surface area (Å²) in [5.41, 5.74) is 0.876. The summed E-state index contributed by atoms with van der Waals surface area (Å²) in [5.74, 6) is -0.217. The zero-order valence-electron chi connectivity index (χ0n) is 15.4. The van der Waals surface area contributed by atoms with E-state index in [2.05, 4.69) is 15.3 Å². The van der Waals surface area contributed by atoms with Gasteiger partial charge in [0.1, 0.15) is 0 Å². The van der Waals surface area contributed by atoms with Gasteiger partial charge in [0, 0.05) is 5.75 Å². The maximum Gasteiger partial charge on any atom is 0.416 e. The molecule has 1 aromatic heterocycles. The molecule has 0 aliphatic carbocycles. The van der Waals surface area contributed by atoms with Gasteiger partial charge in [-0.1, -0.05) is 64.8 Å². The zero-order chi connectivity index (χ0) is 21.9. The van der Waals surface area contributed by atoms with Crippen molar-refractivity contribution < 1.29 is 18.0 Å². The Balaban J connectivity index is 1.78. The third kappa shape index (κ3) is 5.65. The first-order valence-corrected chi connectivity index (χ1v) is 10.3. The number of alkyl halides is 3. The van der Waals surface area contributed by atoms with Gasteiger partial charge >= 0.3 is 6.18 Å². The molecule has 0 atom stereocenters. The number of nitrogens with zero attached hydrogens (tertiary/aromatic N) is 2. The lowest BCUT2D eigenvalue weighted by Crippen LogP contribution is -2.16. The van der Waals surface area contributed by atoms with E-state index in [1.165, 1.54) is 18.0 Å². The second kappa shape index (κ2) is 9.24. The molecule has 0 unspecified atom stereocenters. The number of aryl methyl sites for hydroxylation is 1. The van der Waals surface area contributed by atoms with Gasteiger partial charge in [0.05, 0.1) is 27.5 Å². The van der Waals surface area contributed by atoms with Crippen molar-refractivity contribution in [3.8, 4) is 0 Å². The molecule has 30 heavy (non-hydrogen) atoms. The highest BCUT2D eigenvalue weighted by atomic mass is 35.5. The minimum Gasteiger partial charge on any atom is -0.319 e. The van der Waals surface area contributed by atoms with Gasteiger partial charge in [-0.3, -0.25) is 4.79 Å². The lowest BCUT2D eigenvalue weighted by atomic mass is 10.2. The van der Waals surface area contributed by atoms with Gasteiger partial charge in [-0.2, -0.15) is 13.2 Å². The van der Waals surface area contributed by atoms with Gasteiger partial charge in [0.15, 0.2) is 10.9 Å². The van der Waals surface area contributed by atoms with Crippen LogP contribution in [0.3, 0.4) is 0 Å². The van der Waals surface area contributed by atoms with E-state index in [1.807, 2.05) is 31.2 Å². The first-order valence-electron chi connectivity index (χ1n) is 8.52. The maximum atomic E-state index is 12.9. The third-order valence-electron chi connectivity index (χ3n) is 3.93. The number of nitrogens with one attached hydrogen (secondary N) is 1. The third-order valence-corrected chi connectivity index (χ3v) is 5.47. The van der Waals surface area contributed by atoms with Crippen LogP contribution in [0, 0.1) is 6.92 Å². The Hall–Kier alpha value is -2.29. The van der Waals surface area contributed by atoms with Gasteiger partial charge in [-0.15, -0.1) is 0 Å². The summed E-state index contributed by atoms with van der Waals surface area (Å²) in [6.45, 7) is 1.98. The molecule has 2 aromatic carbocycles. The Bertz CT molecular complexity index is 1090. The summed E-state index contributed by atoms with van der Waals surface area (Å²) in [5, 5.41) is 2.56. The van der Waals surface area contributed by atoms with Gasteiger partial charge in [0.2, 0.25) is 0 Å². The number of aromatic nitrogens is 2. The van der Waals surface area contributed by atoms with Crippen molar-refractivity contribution in [3.05, 3.63) is 81.1 Å². The van der Waals surface area contributed by atoms with Crippen LogP contribution >= 0.6 is 35.0 Å². The predicted molar refractivity (Wildman–Crippen MR) is 112 cm³/mol. The first-order chi connectivity index (χ1) is 14.1. The van der Waals surface area contributed by atoms with E-state index in [9.17, 15) is 18.0 Å². The quantitative estimate of drug-likeness (QED) is 0.334. The van der Waals surface area contributed by atoms with Gasteiger partial charge in [0.25, 0.3) is 5.91 Å². The molecule has 0 fully saturated rings. The molecule has 0 aliphatic heterocycles. The topological polar surface area (TPSA) is 54.9 Å². The van der Waals surface area contributed by atoms with Crippen molar-refractivity contribution in [3.63, 3.8) is 0 Å². The molecule has 1 heterocycles. The van der Waals surface area contributed by atoms with Crippen LogP contribution < -0.4 is 5.32 Å². The highest BCUT2D eigenvalue weighted by Gasteiger charge is 2.31. The minimum absolute atomic E-state index is 0.0319. The first kappa shape index (κ1) is 22.4. The van der Waals surface area contributed by atoms with E-state index in [0.717, 1.165) is 29.3 Å². The van der Waals surface area contributed by atoms with Crippen molar-refractivity contribution in [2.75, 3.05) is 5.32 Å². The number of hydrogen-bond donors (Lipinski definition) is 1. The zero-order valence-corrected chi connectivity index (χ0v) is 17.8. The fourth-order valence-electron chi connectivity index (χ4n) is 2.51. The monoisotopic (exact) mass is 471 g/mol. The van der Waals surface area contributed by atoms with E-state index in [4.69, 9.17) is 23.2 Å². The Morgan fingerprint density at radius 3 is 2.60 bits per heavy atom. The van der Waals surface area contributed by atoms with E-state index >= 15 is 0 Å². The van der Waals surface area contributed by atoms with Crippen molar-refractivity contribution in [2.45, 2.75) is 24.0 Å². The second-order valence-corrected chi connectivity index (χ2v) is 8.03. The molecule has 0 saturated heterocycles. The summed E-state index contributed by atoms with van der Waals surface area (Å²) in [7, 11) is 0. The fourth-order valence-corrected chi connectivity index (χ4v) is 3.61. The van der Waals surface area contributed by atoms with Crippen molar-refractivity contribution in [2.24, 2.45) is 0 Å². The molecule has 0 saturated carbocycles. The molecule has 3 rings (SSSR count). The maximum absolute atomic E-state index is 12.9. The largest absolute Gasteiger partial charge is 0.416 e. The summed E-state index contributed by atoms with van der Waals surface area (Å²) < 4.78 is 38.8. The van der Waals surface area contributed by atoms with Crippen LogP contribution in [0.15, 0.2) is 53.8 Å². The molecule has 1 amide bonds. The highest BCUT2D eigenvalue weighted by molar-refractivity contribution is 7.98. The number of hydrogen-bond acceptors (Lipinski definition) is 4. The molecule has 3 aromatic rings. The molecule has 0 radical (unpaired) electrons. The van der Waals surface area contributed by atoms with Crippen LogP contribution in [0.4, 0.5) is 18.9 Å². The van der Waals surface area contributed by atoms with Crippen LogP contribution in [-0.2, 0) is 11.9 Å². The number of halogens is 5. The number of anilines is 1. The number of amides is 1. The molecular formula is C20H14Cl2F3N3OS. The summed E-state index contributed by atoms with van der Waals surface area (Å²) in [4.78, 5) is 20.8. The van der Waals surface area contributed by atoms with Crippen molar-refractivity contribution >= 4 is 46.6 Å². The minimum atomic E-state index is -4.57. The van der Waals surface area contributed by atoms with E-state index in [-0.39, 0.29) is 21.4 Å². The molecule has 10 heteroatoms. The number of carbonyl (C=O) groups excluding carboxylic acids is 1. The average molecular weight is 472 g/mol. The van der Waals surface area contributed by atoms with Crippen LogP contribution in [0.2, 0.25) is 10.0 Å². The van der Waals surface area contributed by atoms with Gasteiger partial charge in [-0.25, -0.2) is 9.97 Å². The molecule has 4 nitrogen and oxygen atoms in total. The lowest BCUT2D eigenvalue weighted by Gasteiger charge is -2.12. The second-order valence-electron chi connectivity index (χ2n) is 6.27. The normalized spacial score (nSPS) is 11.4. The van der Waals surface area contributed by atoms with E-state index in [0.29, 0.717) is 10.9 Å². The van der Waals surface area contributed by atoms with E-state index in [1.54, 1.807) is 0 Å². The van der Waals surface area contributed by atoms with Crippen molar-refractivity contribution in [1.29, 1.82) is 0 Å². The molecule has 0 aliphatic rings. The Morgan fingerprint density at radius 1 is 1.13 bits per heavy atom. The smallest absolute Gasteiger partial charge is 0.319 e. The lowest BCUT2D eigenvalue weighted by molar-refractivity contribution is -0.137. The van der Waals surface area contributed by atoms with Crippen LogP contribution in [-0.4, -0.2) is 15.9 Å². The number of rotatable bonds is 5. The van der Waals surface area contributed by atoms with Crippen LogP contribution in [0.1, 0.15) is 27.2 Å². The Kier molecular flexibility index (Phi) is 6.90. The summed E-state index contributed by atoms with van der Waals surface area (Å²) in [6, 6.07) is 10.5. The number of thioether (sulfide) groups is 1. The predicted octanol–water partition coefficient (Wildman–Crippen LogP) is 6.66. The fraction of sp³-hybridized carbons (Fsp3) is 0.150. The molecule has 156 valence electrons. The highest BCUT2D eigenvalue weighted by Crippen LogP contribution is 2.34. The van der Waals surface area contributed by atoms with Gasteiger partial charge in [-0.05, 0) is 30.7 Å².